The summed E-state index contributed by atoms with van der Waals surface area (Å²) in [6, 6.07) is 19.1. The number of thiazole rings is 1. The maximum atomic E-state index is 9.87. The van der Waals surface area contributed by atoms with Crippen LogP contribution in [0.4, 0.5) is 5.95 Å². The Bertz CT molecular complexity index is 1440. The van der Waals surface area contributed by atoms with E-state index < -0.39 is 0 Å². The second-order valence-electron chi connectivity index (χ2n) is 9.44. The zero-order valence-electron chi connectivity index (χ0n) is 19.9. The molecule has 3 N–H and O–H groups in total. The molecule has 1 aliphatic carbocycles. The van der Waals surface area contributed by atoms with E-state index in [1.165, 1.54) is 5.56 Å². The van der Waals surface area contributed by atoms with Gasteiger partial charge in [-0.05, 0) is 55.0 Å². The summed E-state index contributed by atoms with van der Waals surface area (Å²) >= 11 is 1.70. The monoisotopic (exact) mass is 496 g/mol. The van der Waals surface area contributed by atoms with Crippen LogP contribution in [0.2, 0.25) is 0 Å². The normalized spacial score (nSPS) is 17.9. The summed E-state index contributed by atoms with van der Waals surface area (Å²) in [5.74, 6) is 0.670. The van der Waals surface area contributed by atoms with Gasteiger partial charge in [0.05, 0.1) is 38.9 Å². The van der Waals surface area contributed by atoms with Gasteiger partial charge in [-0.15, -0.1) is 11.3 Å². The van der Waals surface area contributed by atoms with E-state index >= 15 is 0 Å². The van der Waals surface area contributed by atoms with E-state index in [1.807, 2.05) is 18.5 Å². The molecule has 36 heavy (non-hydrogen) atoms. The second-order valence-corrected chi connectivity index (χ2v) is 10.6. The lowest BCUT2D eigenvalue weighted by Gasteiger charge is -2.26. The molecule has 0 unspecified atom stereocenters. The van der Waals surface area contributed by atoms with Crippen molar-refractivity contribution in [1.29, 1.82) is 0 Å². The Morgan fingerprint density at radius 2 is 1.69 bits per heavy atom. The van der Waals surface area contributed by atoms with Crippen LogP contribution in [0, 0.1) is 0 Å². The molecule has 3 heterocycles. The van der Waals surface area contributed by atoms with Crippen LogP contribution in [0.25, 0.3) is 21.3 Å². The van der Waals surface area contributed by atoms with Gasteiger partial charge < -0.3 is 10.4 Å². The minimum Gasteiger partial charge on any atom is -0.393 e. The molecule has 1 saturated carbocycles. The number of benzene rings is 2. The summed E-state index contributed by atoms with van der Waals surface area (Å²) in [5.41, 5.74) is 6.37. The largest absolute Gasteiger partial charge is 0.393 e. The van der Waals surface area contributed by atoms with Gasteiger partial charge in [0.25, 0.3) is 0 Å². The van der Waals surface area contributed by atoms with Gasteiger partial charge >= 0.3 is 0 Å². The highest BCUT2D eigenvalue weighted by atomic mass is 32.1. The van der Waals surface area contributed by atoms with Crippen LogP contribution in [0.5, 0.6) is 0 Å². The second kappa shape index (κ2) is 10.2. The van der Waals surface area contributed by atoms with Gasteiger partial charge in [0.2, 0.25) is 5.95 Å². The highest BCUT2D eigenvalue weighted by Gasteiger charge is 2.20. The van der Waals surface area contributed by atoms with Gasteiger partial charge in [-0.3, -0.25) is 5.10 Å². The van der Waals surface area contributed by atoms with Crippen molar-refractivity contribution < 1.29 is 5.11 Å². The summed E-state index contributed by atoms with van der Waals surface area (Å²) in [6.45, 7) is 0. The van der Waals surface area contributed by atoms with E-state index in [-0.39, 0.29) is 12.1 Å². The Morgan fingerprint density at radius 3 is 2.47 bits per heavy atom. The topological polar surface area (TPSA) is 99.6 Å². The third-order valence-electron chi connectivity index (χ3n) is 6.69. The van der Waals surface area contributed by atoms with Crippen molar-refractivity contribution in [3.63, 3.8) is 0 Å². The number of H-pyrrole nitrogens is 1. The number of aromatic amines is 1. The smallest absolute Gasteiger partial charge is 0.223 e. The number of nitrogens with one attached hydrogen (secondary N) is 2. The first-order valence-electron chi connectivity index (χ1n) is 12.4. The van der Waals surface area contributed by atoms with Gasteiger partial charge in [0, 0.05) is 30.6 Å². The number of aliphatic hydroxyl groups is 1. The molecule has 0 spiro atoms. The maximum Gasteiger partial charge on any atom is 0.223 e. The lowest BCUT2D eigenvalue weighted by molar-refractivity contribution is 0.126. The fourth-order valence-electron chi connectivity index (χ4n) is 4.80. The number of hydrogen-bond donors (Lipinski definition) is 3. The van der Waals surface area contributed by atoms with Crippen molar-refractivity contribution in [3.05, 3.63) is 88.9 Å². The number of anilines is 1. The van der Waals surface area contributed by atoms with E-state index in [1.54, 1.807) is 11.3 Å². The summed E-state index contributed by atoms with van der Waals surface area (Å²) in [7, 11) is 0. The first kappa shape index (κ1) is 22.8. The van der Waals surface area contributed by atoms with Gasteiger partial charge in [0.1, 0.15) is 0 Å². The quantitative estimate of drug-likeness (QED) is 0.280. The number of aromatic nitrogens is 5. The molecule has 0 saturated heterocycles. The van der Waals surface area contributed by atoms with E-state index in [4.69, 9.17) is 15.0 Å². The number of rotatable bonds is 7. The zero-order chi connectivity index (χ0) is 24.3. The molecule has 0 radical (unpaired) electrons. The maximum absolute atomic E-state index is 9.87. The molecule has 7 nitrogen and oxygen atoms in total. The summed E-state index contributed by atoms with van der Waals surface area (Å²) in [5, 5.41) is 21.4. The molecule has 5 aromatic rings. The van der Waals surface area contributed by atoms with Crippen molar-refractivity contribution in [2.75, 3.05) is 5.32 Å². The first-order valence-corrected chi connectivity index (χ1v) is 13.2. The first-order chi connectivity index (χ1) is 17.7. The van der Waals surface area contributed by atoms with Gasteiger partial charge in [-0.25, -0.2) is 15.0 Å². The minimum absolute atomic E-state index is 0.183. The van der Waals surface area contributed by atoms with Crippen LogP contribution in [-0.2, 0) is 12.8 Å². The van der Waals surface area contributed by atoms with Crippen molar-refractivity contribution in [3.8, 4) is 11.1 Å². The predicted octanol–water partition coefficient (Wildman–Crippen LogP) is 5.37. The molecule has 0 bridgehead atoms. The van der Waals surface area contributed by atoms with Crippen LogP contribution in [0.1, 0.15) is 47.6 Å². The van der Waals surface area contributed by atoms with Crippen molar-refractivity contribution in [2.45, 2.75) is 50.7 Å². The predicted molar refractivity (Wildman–Crippen MR) is 143 cm³/mol. The molecule has 0 amide bonds. The Hall–Kier alpha value is -3.62. The molecular weight excluding hydrogens is 468 g/mol. The summed E-state index contributed by atoms with van der Waals surface area (Å²) in [6.07, 6.45) is 8.46. The zero-order valence-corrected chi connectivity index (χ0v) is 20.7. The van der Waals surface area contributed by atoms with Gasteiger partial charge in [-0.1, -0.05) is 36.4 Å². The van der Waals surface area contributed by atoms with Crippen LogP contribution in [0.3, 0.4) is 0 Å². The molecule has 6 rings (SSSR count). The Morgan fingerprint density at radius 1 is 0.889 bits per heavy atom. The molecule has 182 valence electrons. The SMILES string of the molecule is OC1CCC(Nc2nc(Cc3ccccc3)cc(Cc3nc4ccc(-c5cn[nH]c5)cc4s3)n2)CC1. The fourth-order valence-corrected chi connectivity index (χ4v) is 5.82. The average molecular weight is 497 g/mol. The minimum atomic E-state index is -0.183. The van der Waals surface area contributed by atoms with Crippen LogP contribution < -0.4 is 5.32 Å². The molecule has 1 aliphatic rings. The Labute approximate surface area is 213 Å². The highest BCUT2D eigenvalue weighted by molar-refractivity contribution is 7.18. The fraction of sp³-hybridized carbons (Fsp3) is 0.286. The van der Waals surface area contributed by atoms with Crippen LogP contribution in [-0.4, -0.2) is 42.4 Å². The molecule has 0 aliphatic heterocycles. The molecule has 8 heteroatoms. The summed E-state index contributed by atoms with van der Waals surface area (Å²) in [4.78, 5) is 14.6. The average Bonchev–Trinajstić information content (AvgIpc) is 3.55. The van der Waals surface area contributed by atoms with E-state index in [9.17, 15) is 5.11 Å². The number of fused-ring (bicyclic) bond motifs is 1. The molecule has 3 aromatic heterocycles. The van der Waals surface area contributed by atoms with E-state index in [0.717, 1.165) is 69.8 Å². The van der Waals surface area contributed by atoms with Gasteiger partial charge in [-0.2, -0.15) is 5.10 Å². The van der Waals surface area contributed by atoms with Crippen LogP contribution >= 0.6 is 11.3 Å². The molecule has 2 aromatic carbocycles. The van der Waals surface area contributed by atoms with Crippen molar-refractivity contribution >= 4 is 27.5 Å². The standard InChI is InChI=1S/C28H28N6OS/c35-24-9-7-21(8-10-24)31-28-32-22(12-18-4-2-1-3-5-18)14-23(33-28)15-27-34-25-11-6-19(13-26(25)36-27)20-16-29-30-17-20/h1-6,11,13-14,16-17,21,24,35H,7-10,12,15H2,(H,29,30)(H,31,32,33). The van der Waals surface area contributed by atoms with Gasteiger partial charge in [0.15, 0.2) is 0 Å². The Balaban J connectivity index is 1.27. The molecular formula is C28H28N6OS. The van der Waals surface area contributed by atoms with Crippen LogP contribution in [0.15, 0.2) is 67.0 Å². The van der Waals surface area contributed by atoms with Crippen molar-refractivity contribution in [1.82, 2.24) is 25.1 Å². The molecule has 0 atom stereocenters. The number of nitrogens with zero attached hydrogens (tertiary/aromatic N) is 4. The number of hydrogen-bond acceptors (Lipinski definition) is 7. The molecule has 1 fully saturated rings. The third kappa shape index (κ3) is 5.29. The van der Waals surface area contributed by atoms with E-state index in [2.05, 4.69) is 64.0 Å². The lowest BCUT2D eigenvalue weighted by Crippen LogP contribution is -2.29. The lowest BCUT2D eigenvalue weighted by atomic mass is 9.93. The van der Waals surface area contributed by atoms with Crippen molar-refractivity contribution in [2.24, 2.45) is 0 Å². The van der Waals surface area contributed by atoms with E-state index in [0.29, 0.717) is 12.4 Å². The highest BCUT2D eigenvalue weighted by Crippen LogP contribution is 2.29. The number of aliphatic hydroxyl groups excluding tert-OH is 1. The third-order valence-corrected chi connectivity index (χ3v) is 7.71. The Kier molecular flexibility index (Phi) is 6.44. The summed E-state index contributed by atoms with van der Waals surface area (Å²) < 4.78 is 1.15.